The zero-order valence-electron chi connectivity index (χ0n) is 10.7. The average Bonchev–Trinajstić information content (AvgIpc) is 2.70. The van der Waals surface area contributed by atoms with Crippen molar-refractivity contribution in [3.63, 3.8) is 0 Å². The summed E-state index contributed by atoms with van der Waals surface area (Å²) in [6.07, 6.45) is 2.23. The minimum atomic E-state index is 0.0403. The Kier molecular flexibility index (Phi) is 3.37. The van der Waals surface area contributed by atoms with Crippen molar-refractivity contribution in [1.82, 2.24) is 5.32 Å². The minimum Gasteiger partial charge on any atom is -0.486 e. The Hall–Kier alpha value is -0.190. The number of ether oxygens (including phenoxy) is 1. The molecule has 2 nitrogen and oxygen atoms in total. The van der Waals surface area contributed by atoms with E-state index in [0.29, 0.717) is 11.3 Å². The summed E-state index contributed by atoms with van der Waals surface area (Å²) in [4.78, 5) is 0. The van der Waals surface area contributed by atoms with Crippen LogP contribution in [0.2, 0.25) is 0 Å². The fourth-order valence-electron chi connectivity index (χ4n) is 3.05. The standard InChI is InChI=1S/C14H18BrNOS/c1-9-6-14(8-18-9)7-12(16-2)11-5-10(15)3-4-13(11)17-14/h3-5,9,12,16H,6-8H2,1-2H3. The quantitative estimate of drug-likeness (QED) is 0.848. The van der Waals surface area contributed by atoms with Crippen LogP contribution in [0, 0.1) is 0 Å². The molecule has 4 heteroatoms. The van der Waals surface area contributed by atoms with Gasteiger partial charge in [-0.3, -0.25) is 0 Å². The maximum Gasteiger partial charge on any atom is 0.125 e. The molecule has 2 heterocycles. The molecule has 0 aromatic heterocycles. The number of hydrogen-bond acceptors (Lipinski definition) is 3. The number of halogens is 1. The van der Waals surface area contributed by atoms with Crippen molar-refractivity contribution in [3.05, 3.63) is 28.2 Å². The number of benzene rings is 1. The van der Waals surface area contributed by atoms with E-state index in [1.165, 1.54) is 5.56 Å². The van der Waals surface area contributed by atoms with Gasteiger partial charge in [0.2, 0.25) is 0 Å². The number of nitrogens with one attached hydrogen (secondary N) is 1. The highest BCUT2D eigenvalue weighted by Crippen LogP contribution is 2.48. The normalized spacial score (nSPS) is 34.4. The molecular weight excluding hydrogens is 310 g/mol. The second-order valence-corrected chi connectivity index (χ2v) is 7.68. The molecule has 1 fully saturated rings. The monoisotopic (exact) mass is 327 g/mol. The Bertz CT molecular complexity index is 467. The van der Waals surface area contributed by atoms with Crippen LogP contribution in [0.4, 0.5) is 0 Å². The molecule has 1 aromatic rings. The third-order valence-electron chi connectivity index (χ3n) is 3.89. The van der Waals surface area contributed by atoms with E-state index >= 15 is 0 Å². The highest BCUT2D eigenvalue weighted by molar-refractivity contribution is 9.10. The SMILES string of the molecule is CNC1CC2(CSC(C)C2)Oc2ccc(Br)cc21. The van der Waals surface area contributed by atoms with E-state index in [9.17, 15) is 0 Å². The predicted molar refractivity (Wildman–Crippen MR) is 80.5 cm³/mol. The van der Waals surface area contributed by atoms with Crippen LogP contribution < -0.4 is 10.1 Å². The van der Waals surface area contributed by atoms with Gasteiger partial charge >= 0.3 is 0 Å². The van der Waals surface area contributed by atoms with Crippen LogP contribution in [-0.4, -0.2) is 23.7 Å². The van der Waals surface area contributed by atoms with Gasteiger partial charge in [-0.2, -0.15) is 11.8 Å². The van der Waals surface area contributed by atoms with E-state index in [1.807, 2.05) is 18.8 Å². The van der Waals surface area contributed by atoms with Crippen molar-refractivity contribution in [2.45, 2.75) is 36.7 Å². The molecule has 1 saturated heterocycles. The van der Waals surface area contributed by atoms with Crippen molar-refractivity contribution >= 4 is 27.7 Å². The number of thioether (sulfide) groups is 1. The van der Waals surface area contributed by atoms with Crippen molar-refractivity contribution < 1.29 is 4.74 Å². The summed E-state index contributed by atoms with van der Waals surface area (Å²) in [5.41, 5.74) is 1.32. The predicted octanol–water partition coefficient (Wildman–Crippen LogP) is 3.76. The molecule has 1 aromatic carbocycles. The summed E-state index contributed by atoms with van der Waals surface area (Å²) in [6, 6.07) is 6.74. The smallest absolute Gasteiger partial charge is 0.125 e. The maximum absolute atomic E-state index is 6.36. The van der Waals surface area contributed by atoms with Crippen LogP contribution in [-0.2, 0) is 0 Å². The first-order valence-electron chi connectivity index (χ1n) is 6.39. The lowest BCUT2D eigenvalue weighted by molar-refractivity contribution is 0.0526. The van der Waals surface area contributed by atoms with Crippen molar-refractivity contribution in [2.24, 2.45) is 0 Å². The van der Waals surface area contributed by atoms with E-state index in [-0.39, 0.29) is 5.60 Å². The van der Waals surface area contributed by atoms with Gasteiger partial charge in [-0.1, -0.05) is 22.9 Å². The van der Waals surface area contributed by atoms with Crippen LogP contribution in [0.5, 0.6) is 5.75 Å². The Labute approximate surface area is 121 Å². The van der Waals surface area contributed by atoms with E-state index in [0.717, 1.165) is 28.8 Å². The summed E-state index contributed by atoms with van der Waals surface area (Å²) in [5.74, 6) is 2.17. The second kappa shape index (κ2) is 4.73. The van der Waals surface area contributed by atoms with Crippen molar-refractivity contribution in [1.29, 1.82) is 0 Å². The molecule has 3 rings (SSSR count). The van der Waals surface area contributed by atoms with Gasteiger partial charge < -0.3 is 10.1 Å². The van der Waals surface area contributed by atoms with Gasteiger partial charge in [0, 0.05) is 33.5 Å². The third kappa shape index (κ3) is 2.19. The van der Waals surface area contributed by atoms with Gasteiger partial charge in [0.1, 0.15) is 11.4 Å². The fraction of sp³-hybridized carbons (Fsp3) is 0.571. The molecule has 3 unspecified atom stereocenters. The Balaban J connectivity index is 1.97. The molecule has 3 atom stereocenters. The molecule has 98 valence electrons. The molecule has 0 amide bonds. The second-order valence-electron chi connectivity index (χ2n) is 5.34. The highest BCUT2D eigenvalue weighted by Gasteiger charge is 2.45. The maximum atomic E-state index is 6.36. The lowest BCUT2D eigenvalue weighted by atomic mass is 9.85. The molecular formula is C14H18BrNOS. The zero-order chi connectivity index (χ0) is 12.8. The fourth-order valence-corrected chi connectivity index (χ4v) is 4.73. The van der Waals surface area contributed by atoms with E-state index in [4.69, 9.17) is 4.74 Å². The first-order valence-corrected chi connectivity index (χ1v) is 8.23. The molecule has 0 bridgehead atoms. The van der Waals surface area contributed by atoms with Gasteiger partial charge in [-0.05, 0) is 31.7 Å². The summed E-state index contributed by atoms with van der Waals surface area (Å²) < 4.78 is 7.48. The van der Waals surface area contributed by atoms with Crippen LogP contribution in [0.25, 0.3) is 0 Å². The van der Waals surface area contributed by atoms with Crippen LogP contribution in [0.1, 0.15) is 31.4 Å². The first-order chi connectivity index (χ1) is 8.62. The highest BCUT2D eigenvalue weighted by atomic mass is 79.9. The van der Waals surface area contributed by atoms with Crippen LogP contribution in [0.15, 0.2) is 22.7 Å². The number of hydrogen-bond donors (Lipinski definition) is 1. The van der Waals surface area contributed by atoms with Gasteiger partial charge in [-0.25, -0.2) is 0 Å². The molecule has 1 spiro atoms. The summed E-state index contributed by atoms with van der Waals surface area (Å²) >= 11 is 5.58. The first kappa shape index (κ1) is 12.8. The average molecular weight is 328 g/mol. The lowest BCUT2D eigenvalue weighted by Crippen LogP contribution is -2.44. The summed E-state index contributed by atoms with van der Waals surface area (Å²) in [7, 11) is 2.04. The van der Waals surface area contributed by atoms with Crippen LogP contribution in [0.3, 0.4) is 0 Å². The third-order valence-corrected chi connectivity index (χ3v) is 5.81. The van der Waals surface area contributed by atoms with Gasteiger partial charge in [-0.15, -0.1) is 0 Å². The molecule has 2 aliphatic rings. The van der Waals surface area contributed by atoms with Crippen LogP contribution >= 0.6 is 27.7 Å². The van der Waals surface area contributed by atoms with E-state index < -0.39 is 0 Å². The Morgan fingerprint density at radius 3 is 2.94 bits per heavy atom. The van der Waals surface area contributed by atoms with Crippen molar-refractivity contribution in [3.8, 4) is 5.75 Å². The molecule has 2 aliphatic heterocycles. The molecule has 1 N–H and O–H groups in total. The summed E-state index contributed by atoms with van der Waals surface area (Å²) in [5, 5.41) is 4.15. The molecule has 0 radical (unpaired) electrons. The lowest BCUT2D eigenvalue weighted by Gasteiger charge is -2.39. The number of rotatable bonds is 1. The number of fused-ring (bicyclic) bond motifs is 1. The molecule has 0 saturated carbocycles. The van der Waals surface area contributed by atoms with Gasteiger partial charge in [0.25, 0.3) is 0 Å². The van der Waals surface area contributed by atoms with E-state index in [2.05, 4.69) is 46.4 Å². The Morgan fingerprint density at radius 2 is 2.28 bits per heavy atom. The van der Waals surface area contributed by atoms with E-state index in [1.54, 1.807) is 0 Å². The molecule has 0 aliphatic carbocycles. The van der Waals surface area contributed by atoms with Gasteiger partial charge in [0.15, 0.2) is 0 Å². The summed E-state index contributed by atoms with van der Waals surface area (Å²) in [6.45, 7) is 2.30. The zero-order valence-corrected chi connectivity index (χ0v) is 13.1. The largest absolute Gasteiger partial charge is 0.486 e. The topological polar surface area (TPSA) is 21.3 Å². The van der Waals surface area contributed by atoms with Gasteiger partial charge in [0.05, 0.1) is 0 Å². The molecule has 18 heavy (non-hydrogen) atoms. The minimum absolute atomic E-state index is 0.0403. The van der Waals surface area contributed by atoms with Crippen molar-refractivity contribution in [2.75, 3.05) is 12.8 Å². The Morgan fingerprint density at radius 1 is 1.44 bits per heavy atom.